The Morgan fingerprint density at radius 2 is 2.10 bits per heavy atom. The summed E-state index contributed by atoms with van der Waals surface area (Å²) in [5.74, 6) is 0. The van der Waals surface area contributed by atoms with E-state index in [-0.39, 0.29) is 6.04 Å². The Morgan fingerprint density at radius 3 is 2.70 bits per heavy atom. The Balaban J connectivity index is 2.36. The van der Waals surface area contributed by atoms with Crippen molar-refractivity contribution in [1.82, 2.24) is 4.31 Å². The van der Waals surface area contributed by atoms with Crippen molar-refractivity contribution < 1.29 is 8.42 Å². The molecule has 2 N–H and O–H groups in total. The number of hydrogen-bond acceptors (Lipinski definition) is 3. The number of piperidine rings is 1. The zero-order valence-electron chi connectivity index (χ0n) is 12.3. The van der Waals surface area contributed by atoms with Gasteiger partial charge in [0.15, 0.2) is 0 Å². The van der Waals surface area contributed by atoms with Crippen LogP contribution in [-0.4, -0.2) is 25.3 Å². The van der Waals surface area contributed by atoms with Crippen LogP contribution in [0.15, 0.2) is 23.1 Å². The molecule has 1 saturated heterocycles. The fraction of sp³-hybridized carbons (Fsp3) is 0.600. The van der Waals surface area contributed by atoms with Crippen LogP contribution in [0, 0.1) is 6.92 Å². The van der Waals surface area contributed by atoms with E-state index in [4.69, 9.17) is 5.73 Å². The molecule has 5 heteroatoms. The molecule has 0 aliphatic carbocycles. The molecule has 0 bridgehead atoms. The minimum atomic E-state index is -3.38. The molecule has 0 spiro atoms. The van der Waals surface area contributed by atoms with E-state index in [0.717, 1.165) is 36.8 Å². The molecule has 20 heavy (non-hydrogen) atoms. The van der Waals surface area contributed by atoms with E-state index in [1.807, 2.05) is 13.0 Å². The van der Waals surface area contributed by atoms with Crippen LogP contribution in [0.2, 0.25) is 0 Å². The van der Waals surface area contributed by atoms with Gasteiger partial charge in [0.25, 0.3) is 0 Å². The summed E-state index contributed by atoms with van der Waals surface area (Å²) in [6.45, 7) is 5.04. The van der Waals surface area contributed by atoms with Gasteiger partial charge >= 0.3 is 0 Å². The summed E-state index contributed by atoms with van der Waals surface area (Å²) in [5, 5.41) is 0. The highest BCUT2D eigenvalue weighted by Gasteiger charge is 2.32. The Morgan fingerprint density at radius 1 is 1.35 bits per heavy atom. The predicted octanol–water partition coefficient (Wildman–Crippen LogP) is 2.41. The molecule has 1 atom stereocenters. The molecular weight excluding hydrogens is 272 g/mol. The van der Waals surface area contributed by atoms with Crippen molar-refractivity contribution >= 4 is 10.0 Å². The van der Waals surface area contributed by atoms with Gasteiger partial charge in [0.05, 0.1) is 4.90 Å². The Labute approximate surface area is 122 Å². The molecule has 1 aliphatic rings. The van der Waals surface area contributed by atoms with Gasteiger partial charge in [-0.2, -0.15) is 4.31 Å². The van der Waals surface area contributed by atoms with Crippen LogP contribution in [0.25, 0.3) is 0 Å². The average Bonchev–Trinajstić information content (AvgIpc) is 2.47. The van der Waals surface area contributed by atoms with Gasteiger partial charge < -0.3 is 5.73 Å². The molecule has 1 aromatic carbocycles. The molecule has 0 radical (unpaired) electrons. The van der Waals surface area contributed by atoms with Crippen molar-refractivity contribution in [3.8, 4) is 0 Å². The van der Waals surface area contributed by atoms with Crippen LogP contribution in [0.3, 0.4) is 0 Å². The number of benzene rings is 1. The quantitative estimate of drug-likeness (QED) is 0.928. The highest BCUT2D eigenvalue weighted by atomic mass is 32.2. The number of rotatable bonds is 4. The zero-order chi connectivity index (χ0) is 14.8. The second kappa shape index (κ2) is 6.24. The minimum absolute atomic E-state index is 0.142. The summed E-state index contributed by atoms with van der Waals surface area (Å²) in [6, 6.07) is 5.40. The van der Waals surface area contributed by atoms with E-state index in [1.54, 1.807) is 16.4 Å². The second-order valence-corrected chi connectivity index (χ2v) is 7.36. The number of sulfonamides is 1. The molecule has 1 unspecified atom stereocenters. The number of nitrogens with two attached hydrogens (primary N) is 1. The molecule has 4 nitrogen and oxygen atoms in total. The SMILES string of the molecule is CCC1CCCCN1S(=O)(=O)c1ccc(CN)c(C)c1. The molecule has 0 saturated carbocycles. The predicted molar refractivity (Wildman–Crippen MR) is 80.9 cm³/mol. The Bertz CT molecular complexity index is 569. The monoisotopic (exact) mass is 296 g/mol. The smallest absolute Gasteiger partial charge is 0.243 e. The fourth-order valence-electron chi connectivity index (χ4n) is 2.89. The van der Waals surface area contributed by atoms with Crippen LogP contribution < -0.4 is 5.73 Å². The third kappa shape index (κ3) is 2.90. The highest BCUT2D eigenvalue weighted by Crippen LogP contribution is 2.27. The second-order valence-electron chi connectivity index (χ2n) is 5.47. The van der Waals surface area contributed by atoms with E-state index in [0.29, 0.717) is 18.0 Å². The van der Waals surface area contributed by atoms with Crippen LogP contribution in [-0.2, 0) is 16.6 Å². The first-order valence-electron chi connectivity index (χ1n) is 7.32. The summed E-state index contributed by atoms with van der Waals surface area (Å²) in [4.78, 5) is 0.396. The standard InChI is InChI=1S/C15H24N2O2S/c1-3-14-6-4-5-9-17(14)20(18,19)15-8-7-13(11-16)12(2)10-15/h7-8,10,14H,3-6,9,11,16H2,1-2H3. The van der Waals surface area contributed by atoms with Crippen molar-refractivity contribution in [2.45, 2.75) is 57.0 Å². The molecule has 1 heterocycles. The van der Waals surface area contributed by atoms with E-state index >= 15 is 0 Å². The van der Waals surface area contributed by atoms with Crippen molar-refractivity contribution in [2.24, 2.45) is 5.73 Å². The lowest BCUT2D eigenvalue weighted by Gasteiger charge is -2.34. The van der Waals surface area contributed by atoms with E-state index < -0.39 is 10.0 Å². The van der Waals surface area contributed by atoms with Gasteiger partial charge in [0.2, 0.25) is 10.0 Å². The largest absolute Gasteiger partial charge is 0.326 e. The van der Waals surface area contributed by atoms with Crippen LogP contribution in [0.5, 0.6) is 0 Å². The molecule has 1 fully saturated rings. The first-order valence-corrected chi connectivity index (χ1v) is 8.76. The molecular formula is C15H24N2O2S. The van der Waals surface area contributed by atoms with Crippen LogP contribution in [0.4, 0.5) is 0 Å². The lowest BCUT2D eigenvalue weighted by Crippen LogP contribution is -2.43. The number of aryl methyl sites for hydroxylation is 1. The molecule has 0 aromatic heterocycles. The van der Waals surface area contributed by atoms with Gasteiger partial charge in [0, 0.05) is 19.1 Å². The fourth-order valence-corrected chi connectivity index (χ4v) is 4.74. The third-order valence-electron chi connectivity index (χ3n) is 4.18. The maximum absolute atomic E-state index is 12.8. The third-order valence-corrected chi connectivity index (χ3v) is 6.13. The van der Waals surface area contributed by atoms with Crippen molar-refractivity contribution in [2.75, 3.05) is 6.54 Å². The average molecular weight is 296 g/mol. The summed E-state index contributed by atoms with van der Waals surface area (Å²) in [7, 11) is -3.38. The summed E-state index contributed by atoms with van der Waals surface area (Å²) in [6.07, 6.45) is 3.92. The molecule has 112 valence electrons. The molecule has 1 aromatic rings. The van der Waals surface area contributed by atoms with Crippen LogP contribution in [0.1, 0.15) is 43.7 Å². The van der Waals surface area contributed by atoms with Gasteiger partial charge in [0.1, 0.15) is 0 Å². The van der Waals surface area contributed by atoms with Gasteiger partial charge in [-0.15, -0.1) is 0 Å². The van der Waals surface area contributed by atoms with Gasteiger partial charge in [-0.1, -0.05) is 19.4 Å². The van der Waals surface area contributed by atoms with Gasteiger partial charge in [-0.25, -0.2) is 8.42 Å². The topological polar surface area (TPSA) is 63.4 Å². The lowest BCUT2D eigenvalue weighted by molar-refractivity contribution is 0.246. The molecule has 2 rings (SSSR count). The van der Waals surface area contributed by atoms with Crippen molar-refractivity contribution in [3.05, 3.63) is 29.3 Å². The lowest BCUT2D eigenvalue weighted by atomic mass is 10.0. The Hall–Kier alpha value is -0.910. The number of nitrogens with zero attached hydrogens (tertiary/aromatic N) is 1. The van der Waals surface area contributed by atoms with Crippen LogP contribution >= 0.6 is 0 Å². The van der Waals surface area contributed by atoms with Gasteiger partial charge in [-0.3, -0.25) is 0 Å². The maximum atomic E-state index is 12.8. The first-order chi connectivity index (χ1) is 9.50. The Kier molecular flexibility index (Phi) is 4.83. The van der Waals surface area contributed by atoms with E-state index in [9.17, 15) is 8.42 Å². The summed E-state index contributed by atoms with van der Waals surface area (Å²) in [5.41, 5.74) is 7.57. The number of hydrogen-bond donors (Lipinski definition) is 1. The summed E-state index contributed by atoms with van der Waals surface area (Å²) < 4.78 is 27.3. The van der Waals surface area contributed by atoms with Crippen molar-refractivity contribution in [1.29, 1.82) is 0 Å². The molecule has 1 aliphatic heterocycles. The maximum Gasteiger partial charge on any atom is 0.243 e. The van der Waals surface area contributed by atoms with E-state index in [2.05, 4.69) is 6.92 Å². The zero-order valence-corrected chi connectivity index (χ0v) is 13.1. The normalized spacial score (nSPS) is 21.1. The van der Waals surface area contributed by atoms with Crippen molar-refractivity contribution in [3.63, 3.8) is 0 Å². The highest BCUT2D eigenvalue weighted by molar-refractivity contribution is 7.89. The minimum Gasteiger partial charge on any atom is -0.326 e. The van der Waals surface area contributed by atoms with E-state index in [1.165, 1.54) is 0 Å². The first kappa shape index (κ1) is 15.5. The molecule has 0 amide bonds. The summed E-state index contributed by atoms with van der Waals surface area (Å²) >= 11 is 0. The van der Waals surface area contributed by atoms with Gasteiger partial charge in [-0.05, 0) is 49.4 Å².